The summed E-state index contributed by atoms with van der Waals surface area (Å²) < 4.78 is 19.0. The first-order valence-corrected chi connectivity index (χ1v) is 14.0. The van der Waals surface area contributed by atoms with Crippen LogP contribution in [0.5, 0.6) is 11.5 Å². The first kappa shape index (κ1) is 27.9. The number of esters is 1. The van der Waals surface area contributed by atoms with E-state index in [-0.39, 0.29) is 17.7 Å². The number of anilines is 1. The number of hydrogen-bond acceptors (Lipinski definition) is 8. The van der Waals surface area contributed by atoms with Gasteiger partial charge in [0.05, 0.1) is 36.6 Å². The van der Waals surface area contributed by atoms with Crippen molar-refractivity contribution in [1.29, 1.82) is 0 Å². The largest absolute Gasteiger partial charge is 0.493 e. The van der Waals surface area contributed by atoms with Crippen LogP contribution in [-0.2, 0) is 9.53 Å². The highest BCUT2D eigenvalue weighted by Crippen LogP contribution is 2.42. The molecular weight excluding hydrogens is 538 g/mol. The first-order chi connectivity index (χ1) is 19.9. The summed E-state index contributed by atoms with van der Waals surface area (Å²) in [5, 5.41) is 0. The van der Waals surface area contributed by atoms with Gasteiger partial charge in [0, 0.05) is 30.9 Å². The van der Waals surface area contributed by atoms with Crippen LogP contribution in [0.4, 0.5) is 5.69 Å². The van der Waals surface area contributed by atoms with Crippen molar-refractivity contribution < 1.29 is 19.0 Å². The molecule has 8 nitrogen and oxygen atoms in total. The second kappa shape index (κ2) is 11.9. The number of hydrogen-bond donors (Lipinski definition) is 0. The molecule has 0 bridgehead atoms. The Bertz CT molecular complexity index is 1790. The second-order valence-electron chi connectivity index (χ2n) is 9.50. The number of carbonyl (C=O) groups is 1. The average molecular weight is 570 g/mol. The molecule has 41 heavy (non-hydrogen) atoms. The Morgan fingerprint density at radius 1 is 1.00 bits per heavy atom. The van der Waals surface area contributed by atoms with E-state index in [4.69, 9.17) is 19.2 Å². The lowest BCUT2D eigenvalue weighted by molar-refractivity contribution is -0.138. The van der Waals surface area contributed by atoms with Gasteiger partial charge in [0.15, 0.2) is 16.3 Å². The molecule has 0 saturated carbocycles. The maximum absolute atomic E-state index is 14.1. The third-order valence-corrected chi connectivity index (χ3v) is 7.79. The number of fused-ring (bicyclic) bond motifs is 1. The highest BCUT2D eigenvalue weighted by molar-refractivity contribution is 7.07. The molecule has 9 heteroatoms. The van der Waals surface area contributed by atoms with Crippen molar-refractivity contribution in [1.82, 2.24) is 4.57 Å². The standard InChI is InChI=1S/C32H31N3O5S/c1-6-40-31(37)26-27(21-11-8-7-9-12-21)33-32-35(28(26)23-13-10-14-24(38-4)29(23)39-5)30(36)25(41-32)19-20-15-17-22(18-16-20)34(2)3/h7-19,28H,6H2,1-5H3/b25-19-/t28-/m1/s1. The SMILES string of the molecule is CCOC(=O)C1=C(c2ccccc2)N=c2s/c(=C\c3ccc(N(C)C)cc3)c(=O)n2[C@@H]1c1cccc(OC)c1OC. The Balaban J connectivity index is 1.84. The van der Waals surface area contributed by atoms with Crippen LogP contribution in [0.25, 0.3) is 11.8 Å². The van der Waals surface area contributed by atoms with Crippen molar-refractivity contribution in [2.45, 2.75) is 13.0 Å². The zero-order valence-electron chi connectivity index (χ0n) is 23.6. The van der Waals surface area contributed by atoms with Gasteiger partial charge in [-0.3, -0.25) is 9.36 Å². The fraction of sp³-hybridized carbons (Fsp3) is 0.219. The smallest absolute Gasteiger partial charge is 0.338 e. The number of nitrogens with zero attached hydrogens (tertiary/aromatic N) is 3. The maximum atomic E-state index is 14.1. The molecule has 0 amide bonds. The lowest BCUT2D eigenvalue weighted by Crippen LogP contribution is -2.40. The van der Waals surface area contributed by atoms with Crippen molar-refractivity contribution >= 4 is 34.8 Å². The molecule has 0 spiro atoms. The maximum Gasteiger partial charge on any atom is 0.338 e. The van der Waals surface area contributed by atoms with E-state index in [1.54, 1.807) is 24.7 Å². The molecule has 0 saturated heterocycles. The van der Waals surface area contributed by atoms with Crippen LogP contribution in [0.15, 0.2) is 88.2 Å². The fourth-order valence-electron chi connectivity index (χ4n) is 4.88. The Morgan fingerprint density at radius 3 is 2.37 bits per heavy atom. The van der Waals surface area contributed by atoms with Gasteiger partial charge in [0.1, 0.15) is 6.04 Å². The summed E-state index contributed by atoms with van der Waals surface area (Å²) in [6.07, 6.45) is 1.85. The average Bonchev–Trinajstić information content (AvgIpc) is 3.30. The van der Waals surface area contributed by atoms with Crippen molar-refractivity contribution in [2.75, 3.05) is 39.8 Å². The molecule has 0 aliphatic carbocycles. The second-order valence-corrected chi connectivity index (χ2v) is 10.5. The summed E-state index contributed by atoms with van der Waals surface area (Å²) in [4.78, 5) is 35.2. The zero-order valence-corrected chi connectivity index (χ0v) is 24.4. The molecule has 1 aliphatic rings. The molecule has 0 fully saturated rings. The van der Waals surface area contributed by atoms with E-state index in [0.717, 1.165) is 16.8 Å². The van der Waals surface area contributed by atoms with Gasteiger partial charge in [-0.25, -0.2) is 9.79 Å². The minimum atomic E-state index is -0.871. The number of thiazole rings is 1. The Labute approximate surface area is 242 Å². The van der Waals surface area contributed by atoms with Crippen LogP contribution < -0.4 is 29.3 Å². The molecule has 4 aromatic rings. The molecule has 1 aromatic heterocycles. The van der Waals surface area contributed by atoms with Gasteiger partial charge in [0.25, 0.3) is 5.56 Å². The van der Waals surface area contributed by atoms with E-state index < -0.39 is 12.0 Å². The van der Waals surface area contributed by atoms with E-state index in [1.165, 1.54) is 18.4 Å². The van der Waals surface area contributed by atoms with Gasteiger partial charge in [-0.05, 0) is 36.8 Å². The van der Waals surface area contributed by atoms with E-state index in [0.29, 0.717) is 32.1 Å². The summed E-state index contributed by atoms with van der Waals surface area (Å²) >= 11 is 1.27. The number of ether oxygens (including phenoxy) is 3. The molecule has 0 radical (unpaired) electrons. The molecule has 1 atom stereocenters. The topological polar surface area (TPSA) is 82.4 Å². The Hall–Kier alpha value is -4.63. The monoisotopic (exact) mass is 569 g/mol. The Morgan fingerprint density at radius 2 is 1.73 bits per heavy atom. The van der Waals surface area contributed by atoms with Crippen molar-refractivity contribution in [3.8, 4) is 11.5 Å². The lowest BCUT2D eigenvalue weighted by atomic mass is 9.92. The van der Waals surface area contributed by atoms with Crippen LogP contribution in [0.3, 0.4) is 0 Å². The van der Waals surface area contributed by atoms with Gasteiger partial charge < -0.3 is 19.1 Å². The normalized spacial score (nSPS) is 14.8. The summed E-state index contributed by atoms with van der Waals surface area (Å²) in [5.41, 5.74) is 3.68. The predicted molar refractivity (Wildman–Crippen MR) is 161 cm³/mol. The van der Waals surface area contributed by atoms with E-state index in [1.807, 2.05) is 91.8 Å². The Kier molecular flexibility index (Phi) is 8.07. The number of methoxy groups -OCH3 is 2. The van der Waals surface area contributed by atoms with Gasteiger partial charge in [-0.2, -0.15) is 0 Å². The van der Waals surface area contributed by atoms with Crippen LogP contribution in [-0.4, -0.2) is 45.5 Å². The summed E-state index contributed by atoms with van der Waals surface area (Å²) in [7, 11) is 7.04. The summed E-state index contributed by atoms with van der Waals surface area (Å²) in [6.45, 7) is 1.91. The third-order valence-electron chi connectivity index (χ3n) is 6.81. The predicted octanol–water partition coefficient (Wildman–Crippen LogP) is 4.02. The molecule has 0 N–H and O–H groups in total. The van der Waals surface area contributed by atoms with Crippen molar-refractivity contribution in [3.63, 3.8) is 0 Å². The lowest BCUT2D eigenvalue weighted by Gasteiger charge is -2.27. The van der Waals surface area contributed by atoms with Crippen molar-refractivity contribution in [3.05, 3.63) is 115 Å². The molecule has 0 unspecified atom stereocenters. The summed E-state index contributed by atoms with van der Waals surface area (Å²) in [5.74, 6) is 0.345. The number of para-hydroxylation sites is 1. The molecule has 5 rings (SSSR count). The molecule has 2 heterocycles. The molecular formula is C32H31N3O5S. The molecule has 1 aliphatic heterocycles. The van der Waals surface area contributed by atoms with Crippen LogP contribution in [0, 0.1) is 0 Å². The molecule has 210 valence electrons. The van der Waals surface area contributed by atoms with Crippen LogP contribution in [0.1, 0.15) is 29.7 Å². The van der Waals surface area contributed by atoms with E-state index >= 15 is 0 Å². The third kappa shape index (κ3) is 5.28. The van der Waals surface area contributed by atoms with E-state index in [2.05, 4.69) is 0 Å². The van der Waals surface area contributed by atoms with Crippen LogP contribution >= 0.6 is 11.3 Å². The number of aromatic nitrogens is 1. The van der Waals surface area contributed by atoms with Crippen LogP contribution in [0.2, 0.25) is 0 Å². The number of rotatable bonds is 8. The number of benzene rings is 3. The summed E-state index contributed by atoms with van der Waals surface area (Å²) in [6, 6.07) is 21.9. The first-order valence-electron chi connectivity index (χ1n) is 13.1. The van der Waals surface area contributed by atoms with Crippen molar-refractivity contribution in [2.24, 2.45) is 4.99 Å². The zero-order chi connectivity index (χ0) is 29.1. The van der Waals surface area contributed by atoms with Gasteiger partial charge in [-0.15, -0.1) is 0 Å². The van der Waals surface area contributed by atoms with Gasteiger partial charge in [-0.1, -0.05) is 65.9 Å². The fourth-order valence-corrected chi connectivity index (χ4v) is 5.88. The van der Waals surface area contributed by atoms with Gasteiger partial charge in [0.2, 0.25) is 0 Å². The number of carbonyl (C=O) groups excluding carboxylic acids is 1. The van der Waals surface area contributed by atoms with E-state index in [9.17, 15) is 9.59 Å². The highest BCUT2D eigenvalue weighted by Gasteiger charge is 2.37. The quantitative estimate of drug-likeness (QED) is 0.298. The highest BCUT2D eigenvalue weighted by atomic mass is 32.1. The van der Waals surface area contributed by atoms with Gasteiger partial charge >= 0.3 is 5.97 Å². The minimum Gasteiger partial charge on any atom is -0.493 e. The minimum absolute atomic E-state index is 0.166. The molecule has 3 aromatic carbocycles.